The van der Waals surface area contributed by atoms with E-state index < -0.39 is 5.97 Å². The predicted molar refractivity (Wildman–Crippen MR) is 183 cm³/mol. The number of hydrogen-bond donors (Lipinski definition) is 0. The van der Waals surface area contributed by atoms with Gasteiger partial charge in [0.2, 0.25) is 0 Å². The molecule has 4 rings (SSSR count). The van der Waals surface area contributed by atoms with Gasteiger partial charge in [0.15, 0.2) is 11.6 Å². The average molecular weight is 637 g/mol. The van der Waals surface area contributed by atoms with Gasteiger partial charge < -0.3 is 14.2 Å². The minimum absolute atomic E-state index is 0.144. The first-order chi connectivity index (χ1) is 22.9. The summed E-state index contributed by atoms with van der Waals surface area (Å²) < 4.78 is 16.7. The van der Waals surface area contributed by atoms with Crippen LogP contribution in [0.15, 0.2) is 95.4 Å². The van der Waals surface area contributed by atoms with Crippen LogP contribution in [-0.4, -0.2) is 34.6 Å². The number of carbonyl (C=O) groups excluding carboxylic acids is 2. The molecule has 0 fully saturated rings. The molecule has 9 nitrogen and oxygen atoms in total. The van der Waals surface area contributed by atoms with Crippen molar-refractivity contribution in [3.8, 4) is 22.9 Å². The van der Waals surface area contributed by atoms with E-state index in [1.54, 1.807) is 60.9 Å². The minimum Gasteiger partial charge on any atom is -0.490 e. The summed E-state index contributed by atoms with van der Waals surface area (Å²) in [5, 5.41) is 8.57. The fourth-order valence-electron chi connectivity index (χ4n) is 4.71. The van der Waals surface area contributed by atoms with Gasteiger partial charge in [-0.1, -0.05) is 52.4 Å². The van der Waals surface area contributed by atoms with Crippen LogP contribution in [0.1, 0.15) is 99.3 Å². The van der Waals surface area contributed by atoms with E-state index in [2.05, 4.69) is 34.0 Å². The molecule has 0 aliphatic heterocycles. The van der Waals surface area contributed by atoms with Gasteiger partial charge in [0.05, 0.1) is 47.6 Å². The van der Waals surface area contributed by atoms with E-state index in [1.165, 1.54) is 25.7 Å². The molecular formula is C38H44N4O5. The van der Waals surface area contributed by atoms with Gasteiger partial charge in [-0.05, 0) is 99.0 Å². The molecule has 3 aromatic carbocycles. The number of aromatic nitrogens is 2. The predicted octanol–water partition coefficient (Wildman–Crippen LogP) is 10.3. The lowest BCUT2D eigenvalue weighted by Crippen LogP contribution is -2.15. The second-order valence-electron chi connectivity index (χ2n) is 11.4. The van der Waals surface area contributed by atoms with Crippen molar-refractivity contribution >= 4 is 23.3 Å². The quantitative estimate of drug-likeness (QED) is 0.0462. The monoisotopic (exact) mass is 636 g/mol. The van der Waals surface area contributed by atoms with Crippen LogP contribution in [0.25, 0.3) is 11.4 Å². The SMILES string of the molecule is CCCCCCOc1cnc(-c2ccc(N=Nc3ccc(C(=O)Oc4ccc(C(=O)O[C@@H](C)CCCCCC)cc4)cc3)cc2)nc1. The largest absolute Gasteiger partial charge is 0.490 e. The molecule has 1 heterocycles. The fraction of sp³-hybridized carbons (Fsp3) is 0.368. The maximum Gasteiger partial charge on any atom is 0.343 e. The molecule has 246 valence electrons. The molecule has 4 aromatic rings. The van der Waals surface area contributed by atoms with E-state index in [0.717, 1.165) is 37.7 Å². The number of esters is 2. The minimum atomic E-state index is -0.520. The van der Waals surface area contributed by atoms with Crippen LogP contribution in [0.3, 0.4) is 0 Å². The molecule has 0 amide bonds. The summed E-state index contributed by atoms with van der Waals surface area (Å²) in [7, 11) is 0. The summed E-state index contributed by atoms with van der Waals surface area (Å²) >= 11 is 0. The Kier molecular flexibility index (Phi) is 14.1. The molecule has 0 unspecified atom stereocenters. The Bertz CT molecular complexity index is 1550. The lowest BCUT2D eigenvalue weighted by atomic mass is 10.1. The standard InChI is InChI=1S/C38H44N4O5/c1-4-6-8-10-12-28(3)46-37(43)31-17-23-34(24-18-31)47-38(44)30-15-21-33(22-16-30)42-41-32-19-13-29(14-20-32)36-39-26-35(27-40-36)45-25-11-9-7-5-2/h13-24,26-28H,4-12,25H2,1-3H3/t28-/m0/s1. The molecule has 0 spiro atoms. The highest BCUT2D eigenvalue weighted by Crippen LogP contribution is 2.24. The first kappa shape index (κ1) is 34.9. The Balaban J connectivity index is 1.23. The Morgan fingerprint density at radius 2 is 1.21 bits per heavy atom. The molecule has 0 saturated heterocycles. The fourth-order valence-corrected chi connectivity index (χ4v) is 4.71. The topological polar surface area (TPSA) is 112 Å². The summed E-state index contributed by atoms with van der Waals surface area (Å²) in [6.45, 7) is 6.93. The average Bonchev–Trinajstić information content (AvgIpc) is 3.10. The highest BCUT2D eigenvalue weighted by Gasteiger charge is 2.14. The number of azo groups is 1. The normalized spacial score (nSPS) is 11.7. The summed E-state index contributed by atoms with van der Waals surface area (Å²) in [6.07, 6.45) is 13.2. The molecule has 1 aromatic heterocycles. The second kappa shape index (κ2) is 18.9. The van der Waals surface area contributed by atoms with E-state index in [0.29, 0.717) is 46.4 Å². The van der Waals surface area contributed by atoms with Crippen LogP contribution >= 0.6 is 0 Å². The Labute approximate surface area is 277 Å². The van der Waals surface area contributed by atoms with Crippen molar-refractivity contribution in [2.75, 3.05) is 6.61 Å². The number of benzene rings is 3. The molecule has 1 atom stereocenters. The number of ether oxygens (including phenoxy) is 3. The maximum atomic E-state index is 12.7. The van der Waals surface area contributed by atoms with Crippen molar-refractivity contribution in [1.82, 2.24) is 9.97 Å². The highest BCUT2D eigenvalue weighted by atomic mass is 16.5. The van der Waals surface area contributed by atoms with E-state index in [1.807, 2.05) is 31.2 Å². The smallest absolute Gasteiger partial charge is 0.343 e. The molecule has 47 heavy (non-hydrogen) atoms. The van der Waals surface area contributed by atoms with Crippen molar-refractivity contribution in [1.29, 1.82) is 0 Å². The van der Waals surface area contributed by atoms with Gasteiger partial charge in [-0.15, -0.1) is 0 Å². The molecule has 0 bridgehead atoms. The van der Waals surface area contributed by atoms with Crippen LogP contribution in [0.5, 0.6) is 11.5 Å². The third-order valence-corrected chi connectivity index (χ3v) is 7.48. The van der Waals surface area contributed by atoms with Gasteiger partial charge >= 0.3 is 11.9 Å². The lowest BCUT2D eigenvalue weighted by molar-refractivity contribution is 0.0319. The maximum absolute atomic E-state index is 12.7. The third kappa shape index (κ3) is 11.7. The number of rotatable bonds is 18. The van der Waals surface area contributed by atoms with Gasteiger partial charge in [0.1, 0.15) is 5.75 Å². The first-order valence-electron chi connectivity index (χ1n) is 16.6. The molecule has 0 aliphatic rings. The van der Waals surface area contributed by atoms with Crippen molar-refractivity contribution < 1.29 is 23.8 Å². The Hall–Kier alpha value is -4.92. The van der Waals surface area contributed by atoms with E-state index in [9.17, 15) is 9.59 Å². The van der Waals surface area contributed by atoms with Crippen LogP contribution in [-0.2, 0) is 4.74 Å². The third-order valence-electron chi connectivity index (χ3n) is 7.48. The molecular weight excluding hydrogens is 592 g/mol. The van der Waals surface area contributed by atoms with Gasteiger partial charge in [0.25, 0.3) is 0 Å². The van der Waals surface area contributed by atoms with E-state index >= 15 is 0 Å². The van der Waals surface area contributed by atoms with Crippen LogP contribution in [0, 0.1) is 0 Å². The zero-order chi connectivity index (χ0) is 33.3. The summed E-state index contributed by atoms with van der Waals surface area (Å²) in [5.74, 6) is 0.698. The van der Waals surface area contributed by atoms with Crippen LogP contribution in [0.2, 0.25) is 0 Å². The number of carbonyl (C=O) groups is 2. The lowest BCUT2D eigenvalue weighted by Gasteiger charge is -2.13. The van der Waals surface area contributed by atoms with Gasteiger partial charge in [-0.25, -0.2) is 19.6 Å². The zero-order valence-corrected chi connectivity index (χ0v) is 27.6. The van der Waals surface area contributed by atoms with E-state index in [4.69, 9.17) is 14.2 Å². The van der Waals surface area contributed by atoms with Crippen molar-refractivity contribution in [3.63, 3.8) is 0 Å². The number of hydrogen-bond acceptors (Lipinski definition) is 9. The first-order valence-corrected chi connectivity index (χ1v) is 16.6. The molecule has 9 heteroatoms. The van der Waals surface area contributed by atoms with Crippen molar-refractivity contribution in [2.45, 2.75) is 84.7 Å². The number of nitrogens with zero attached hydrogens (tertiary/aromatic N) is 4. The summed E-state index contributed by atoms with van der Waals surface area (Å²) in [4.78, 5) is 34.0. The second-order valence-corrected chi connectivity index (χ2v) is 11.4. The van der Waals surface area contributed by atoms with Crippen molar-refractivity contribution in [3.05, 3.63) is 96.3 Å². The molecule has 0 aliphatic carbocycles. The van der Waals surface area contributed by atoms with Gasteiger partial charge in [0, 0.05) is 5.56 Å². The van der Waals surface area contributed by atoms with E-state index in [-0.39, 0.29) is 12.1 Å². The molecule has 0 saturated carbocycles. The Morgan fingerprint density at radius 1 is 0.660 bits per heavy atom. The van der Waals surface area contributed by atoms with Gasteiger partial charge in [-0.2, -0.15) is 10.2 Å². The van der Waals surface area contributed by atoms with Gasteiger partial charge in [-0.3, -0.25) is 0 Å². The molecule has 0 N–H and O–H groups in total. The highest BCUT2D eigenvalue weighted by molar-refractivity contribution is 5.92. The van der Waals surface area contributed by atoms with Crippen molar-refractivity contribution in [2.24, 2.45) is 10.2 Å². The summed E-state index contributed by atoms with van der Waals surface area (Å²) in [6, 6.07) is 20.5. The molecule has 0 radical (unpaired) electrons. The van der Waals surface area contributed by atoms with Crippen LogP contribution in [0.4, 0.5) is 11.4 Å². The number of unbranched alkanes of at least 4 members (excludes halogenated alkanes) is 6. The van der Waals surface area contributed by atoms with Crippen LogP contribution < -0.4 is 9.47 Å². The summed E-state index contributed by atoms with van der Waals surface area (Å²) in [5.41, 5.74) is 2.88. The Morgan fingerprint density at radius 3 is 1.83 bits per heavy atom. The zero-order valence-electron chi connectivity index (χ0n) is 27.6.